The molecule has 2 aromatic heterocycles. The van der Waals surface area contributed by atoms with Crippen LogP contribution >= 0.6 is 0 Å². The summed E-state index contributed by atoms with van der Waals surface area (Å²) in [6.45, 7) is 0. The third kappa shape index (κ3) is 3.03. The third-order valence-electron chi connectivity index (χ3n) is 5.81. The van der Waals surface area contributed by atoms with Gasteiger partial charge in [-0.3, -0.25) is 4.98 Å². The summed E-state index contributed by atoms with van der Waals surface area (Å²) in [5.41, 5.74) is 6.51. The monoisotopic (exact) mass is 409 g/mol. The molecule has 2 heterocycles. The van der Waals surface area contributed by atoms with Gasteiger partial charge in [-0.2, -0.15) is 0 Å². The van der Waals surface area contributed by atoms with Crippen LogP contribution in [-0.2, 0) is 0 Å². The molecule has 6 aromatic rings. The van der Waals surface area contributed by atoms with Gasteiger partial charge in [0.2, 0.25) is 0 Å². The SMILES string of the molecule is c1ccc(-c2ncc3c(n2)c(-c2ccccc2)c(-c2ccccc2)c2ccncc23)cc1. The van der Waals surface area contributed by atoms with Crippen LogP contribution in [0.25, 0.3) is 55.3 Å². The van der Waals surface area contributed by atoms with Gasteiger partial charge >= 0.3 is 0 Å². The van der Waals surface area contributed by atoms with Gasteiger partial charge in [0.05, 0.1) is 5.52 Å². The van der Waals surface area contributed by atoms with Crippen molar-refractivity contribution in [3.05, 3.63) is 116 Å². The second kappa shape index (κ2) is 7.71. The van der Waals surface area contributed by atoms with Gasteiger partial charge in [0, 0.05) is 40.5 Å². The molecule has 3 heteroatoms. The minimum absolute atomic E-state index is 0.720. The molecule has 0 N–H and O–H groups in total. The molecule has 0 amide bonds. The first-order valence-corrected chi connectivity index (χ1v) is 10.6. The van der Waals surface area contributed by atoms with E-state index in [1.807, 2.05) is 61.1 Å². The van der Waals surface area contributed by atoms with Crippen LogP contribution in [0, 0.1) is 0 Å². The van der Waals surface area contributed by atoms with Crippen molar-refractivity contribution in [1.29, 1.82) is 0 Å². The number of hydrogen-bond donors (Lipinski definition) is 0. The first kappa shape index (κ1) is 18.4. The molecule has 0 fully saturated rings. The standard InChI is InChI=1S/C29H19N3/c1-4-10-20(11-5-1)26-23-16-17-30-18-24(23)25-19-31-29(22-14-8-3-9-15-22)32-28(25)27(26)21-12-6-2-7-13-21/h1-19H. The van der Waals surface area contributed by atoms with Crippen molar-refractivity contribution in [3.8, 4) is 33.6 Å². The van der Waals surface area contributed by atoms with Crippen LogP contribution in [0.4, 0.5) is 0 Å². The molecule has 4 aromatic carbocycles. The molecule has 32 heavy (non-hydrogen) atoms. The molecule has 0 spiro atoms. The summed E-state index contributed by atoms with van der Waals surface area (Å²) in [5.74, 6) is 0.720. The Morgan fingerprint density at radius 1 is 0.469 bits per heavy atom. The molecule has 0 atom stereocenters. The maximum atomic E-state index is 5.12. The summed E-state index contributed by atoms with van der Waals surface area (Å²) in [6, 6.07) is 33.2. The molecule has 0 aliphatic rings. The highest BCUT2D eigenvalue weighted by Crippen LogP contribution is 2.43. The Balaban J connectivity index is 1.81. The number of aromatic nitrogens is 3. The van der Waals surface area contributed by atoms with E-state index in [0.717, 1.165) is 49.8 Å². The van der Waals surface area contributed by atoms with Crippen molar-refractivity contribution in [1.82, 2.24) is 15.0 Å². The molecule has 0 bridgehead atoms. The van der Waals surface area contributed by atoms with Gasteiger partial charge < -0.3 is 0 Å². The molecular weight excluding hydrogens is 390 g/mol. The second-order valence-corrected chi connectivity index (χ2v) is 7.73. The molecular formula is C29H19N3. The predicted octanol–water partition coefficient (Wildman–Crippen LogP) is 7.18. The fourth-order valence-electron chi connectivity index (χ4n) is 4.37. The maximum absolute atomic E-state index is 5.12. The normalized spacial score (nSPS) is 11.1. The smallest absolute Gasteiger partial charge is 0.159 e. The van der Waals surface area contributed by atoms with Crippen LogP contribution in [-0.4, -0.2) is 15.0 Å². The fraction of sp³-hybridized carbons (Fsp3) is 0. The number of benzene rings is 4. The second-order valence-electron chi connectivity index (χ2n) is 7.73. The van der Waals surface area contributed by atoms with Crippen molar-refractivity contribution in [2.75, 3.05) is 0 Å². The van der Waals surface area contributed by atoms with Gasteiger partial charge in [0.15, 0.2) is 5.82 Å². The van der Waals surface area contributed by atoms with E-state index in [-0.39, 0.29) is 0 Å². The largest absolute Gasteiger partial charge is 0.264 e. The Morgan fingerprint density at radius 3 is 1.72 bits per heavy atom. The van der Waals surface area contributed by atoms with Crippen LogP contribution in [0.15, 0.2) is 116 Å². The number of fused-ring (bicyclic) bond motifs is 3. The van der Waals surface area contributed by atoms with Crippen LogP contribution in [0.2, 0.25) is 0 Å². The van der Waals surface area contributed by atoms with Gasteiger partial charge in [-0.15, -0.1) is 0 Å². The number of rotatable bonds is 3. The molecule has 0 aliphatic carbocycles. The van der Waals surface area contributed by atoms with Crippen molar-refractivity contribution < 1.29 is 0 Å². The summed E-state index contributed by atoms with van der Waals surface area (Å²) >= 11 is 0. The van der Waals surface area contributed by atoms with E-state index in [4.69, 9.17) is 9.97 Å². The van der Waals surface area contributed by atoms with E-state index in [2.05, 4.69) is 59.6 Å². The molecule has 0 radical (unpaired) electrons. The number of pyridine rings is 1. The summed E-state index contributed by atoms with van der Waals surface area (Å²) in [6.07, 6.45) is 5.72. The summed E-state index contributed by atoms with van der Waals surface area (Å²) in [4.78, 5) is 14.3. The average Bonchev–Trinajstić information content (AvgIpc) is 2.89. The topological polar surface area (TPSA) is 38.7 Å². The number of nitrogens with zero attached hydrogens (tertiary/aromatic N) is 3. The van der Waals surface area contributed by atoms with E-state index in [1.165, 1.54) is 5.56 Å². The Hall–Kier alpha value is -4.37. The zero-order valence-corrected chi connectivity index (χ0v) is 17.3. The molecule has 6 rings (SSSR count). The quantitative estimate of drug-likeness (QED) is 0.291. The Morgan fingerprint density at radius 2 is 1.06 bits per heavy atom. The van der Waals surface area contributed by atoms with Crippen LogP contribution in [0.1, 0.15) is 0 Å². The predicted molar refractivity (Wildman–Crippen MR) is 131 cm³/mol. The van der Waals surface area contributed by atoms with Gasteiger partial charge in [-0.05, 0) is 28.1 Å². The van der Waals surface area contributed by atoms with Crippen molar-refractivity contribution >= 4 is 21.7 Å². The van der Waals surface area contributed by atoms with Crippen LogP contribution in [0.3, 0.4) is 0 Å². The molecule has 150 valence electrons. The molecule has 0 aliphatic heterocycles. The lowest BCUT2D eigenvalue weighted by atomic mass is 9.88. The summed E-state index contributed by atoms with van der Waals surface area (Å²) < 4.78 is 0. The Kier molecular flexibility index (Phi) is 4.43. The lowest BCUT2D eigenvalue weighted by molar-refractivity contribution is 1.23. The van der Waals surface area contributed by atoms with Crippen molar-refractivity contribution in [3.63, 3.8) is 0 Å². The Bertz CT molecular complexity index is 1540. The first-order valence-electron chi connectivity index (χ1n) is 10.6. The first-order chi connectivity index (χ1) is 15.9. The van der Waals surface area contributed by atoms with Crippen LogP contribution < -0.4 is 0 Å². The van der Waals surface area contributed by atoms with E-state index in [0.29, 0.717) is 0 Å². The highest BCUT2D eigenvalue weighted by Gasteiger charge is 2.19. The van der Waals surface area contributed by atoms with E-state index in [9.17, 15) is 0 Å². The lowest BCUT2D eigenvalue weighted by Gasteiger charge is -2.18. The molecule has 3 nitrogen and oxygen atoms in total. The minimum Gasteiger partial charge on any atom is -0.264 e. The zero-order valence-electron chi connectivity index (χ0n) is 17.3. The average molecular weight is 409 g/mol. The van der Waals surface area contributed by atoms with E-state index < -0.39 is 0 Å². The lowest BCUT2D eigenvalue weighted by Crippen LogP contribution is -1.97. The minimum atomic E-state index is 0.720. The summed E-state index contributed by atoms with van der Waals surface area (Å²) in [5, 5.41) is 3.21. The molecule has 0 saturated carbocycles. The van der Waals surface area contributed by atoms with Crippen molar-refractivity contribution in [2.45, 2.75) is 0 Å². The van der Waals surface area contributed by atoms with Gasteiger partial charge in [-0.1, -0.05) is 91.0 Å². The fourth-order valence-corrected chi connectivity index (χ4v) is 4.37. The zero-order chi connectivity index (χ0) is 21.3. The molecule has 0 unspecified atom stereocenters. The van der Waals surface area contributed by atoms with Gasteiger partial charge in [0.25, 0.3) is 0 Å². The molecule has 0 saturated heterocycles. The van der Waals surface area contributed by atoms with Gasteiger partial charge in [0.1, 0.15) is 0 Å². The summed E-state index contributed by atoms with van der Waals surface area (Å²) in [7, 11) is 0. The third-order valence-corrected chi connectivity index (χ3v) is 5.81. The highest BCUT2D eigenvalue weighted by atomic mass is 14.9. The Labute approximate surface area is 186 Å². The highest BCUT2D eigenvalue weighted by molar-refractivity contribution is 6.20. The number of hydrogen-bond acceptors (Lipinski definition) is 3. The van der Waals surface area contributed by atoms with E-state index >= 15 is 0 Å². The maximum Gasteiger partial charge on any atom is 0.159 e. The van der Waals surface area contributed by atoms with Gasteiger partial charge in [-0.25, -0.2) is 9.97 Å². The van der Waals surface area contributed by atoms with Crippen molar-refractivity contribution in [2.24, 2.45) is 0 Å². The van der Waals surface area contributed by atoms with Crippen LogP contribution in [0.5, 0.6) is 0 Å². The van der Waals surface area contributed by atoms with E-state index in [1.54, 1.807) is 0 Å².